The largest absolute Gasteiger partial charge is 0.344 e. The van der Waals surface area contributed by atoms with Gasteiger partial charge in [-0.2, -0.15) is 11.8 Å². The van der Waals surface area contributed by atoms with Crippen molar-refractivity contribution in [3.63, 3.8) is 0 Å². The van der Waals surface area contributed by atoms with Gasteiger partial charge in [0.05, 0.1) is 5.92 Å². The van der Waals surface area contributed by atoms with Crippen molar-refractivity contribution in [3.05, 3.63) is 35.6 Å². The summed E-state index contributed by atoms with van der Waals surface area (Å²) >= 11 is 1.83. The number of amides is 2. The lowest BCUT2D eigenvalue weighted by Gasteiger charge is -2.29. The van der Waals surface area contributed by atoms with Gasteiger partial charge in [-0.25, -0.2) is 4.39 Å². The van der Waals surface area contributed by atoms with Gasteiger partial charge in [0.15, 0.2) is 0 Å². The standard InChI is InChI=1S/C16H21FN2O2S/c1-11(13-4-3-5-14(17)10-13)15(20)18-12(2)16(21)19-6-8-22-9-7-19/h3-5,10-12H,6-9H2,1-2H3,(H,18,20)/t11-,12+/m0/s1. The summed E-state index contributed by atoms with van der Waals surface area (Å²) in [6.07, 6.45) is 0. The number of thioether (sulfide) groups is 1. The van der Waals surface area contributed by atoms with Crippen LogP contribution >= 0.6 is 11.8 Å². The number of hydrogen-bond donors (Lipinski definition) is 1. The second-order valence-electron chi connectivity index (χ2n) is 5.44. The minimum absolute atomic E-state index is 0.0555. The van der Waals surface area contributed by atoms with Crippen molar-refractivity contribution in [1.29, 1.82) is 0 Å². The summed E-state index contributed by atoms with van der Waals surface area (Å²) in [5, 5.41) is 2.74. The molecule has 1 saturated heterocycles. The van der Waals surface area contributed by atoms with Crippen molar-refractivity contribution in [2.24, 2.45) is 0 Å². The molecule has 1 aromatic rings. The van der Waals surface area contributed by atoms with Gasteiger partial charge in [0.1, 0.15) is 11.9 Å². The molecule has 1 aliphatic heterocycles. The van der Waals surface area contributed by atoms with Crippen LogP contribution in [0, 0.1) is 5.82 Å². The molecule has 1 heterocycles. The van der Waals surface area contributed by atoms with Crippen LogP contribution in [0.4, 0.5) is 4.39 Å². The molecule has 22 heavy (non-hydrogen) atoms. The maximum atomic E-state index is 13.2. The van der Waals surface area contributed by atoms with Gasteiger partial charge in [0.25, 0.3) is 0 Å². The molecule has 0 aromatic heterocycles. The molecular formula is C16H21FN2O2S. The van der Waals surface area contributed by atoms with E-state index in [0.717, 1.165) is 24.6 Å². The summed E-state index contributed by atoms with van der Waals surface area (Å²) in [5.41, 5.74) is 0.603. The summed E-state index contributed by atoms with van der Waals surface area (Å²) in [7, 11) is 0. The topological polar surface area (TPSA) is 49.4 Å². The van der Waals surface area contributed by atoms with Crippen LogP contribution in [-0.4, -0.2) is 47.4 Å². The second-order valence-corrected chi connectivity index (χ2v) is 6.67. The summed E-state index contributed by atoms with van der Waals surface area (Å²) in [6, 6.07) is 5.41. The highest BCUT2D eigenvalue weighted by Gasteiger charge is 2.25. The minimum Gasteiger partial charge on any atom is -0.344 e. The Balaban J connectivity index is 1.94. The Hall–Kier alpha value is -1.56. The molecule has 1 N–H and O–H groups in total. The van der Waals surface area contributed by atoms with Gasteiger partial charge < -0.3 is 10.2 Å². The van der Waals surface area contributed by atoms with Gasteiger partial charge in [-0.05, 0) is 31.5 Å². The zero-order valence-corrected chi connectivity index (χ0v) is 13.7. The van der Waals surface area contributed by atoms with Crippen molar-refractivity contribution in [2.75, 3.05) is 24.6 Å². The molecule has 2 atom stereocenters. The molecule has 0 aliphatic carbocycles. The number of nitrogens with one attached hydrogen (secondary N) is 1. The van der Waals surface area contributed by atoms with Crippen LogP contribution in [0.2, 0.25) is 0 Å². The molecule has 4 nitrogen and oxygen atoms in total. The molecule has 0 saturated carbocycles. The zero-order valence-electron chi connectivity index (χ0n) is 12.8. The number of hydrogen-bond acceptors (Lipinski definition) is 3. The molecule has 0 spiro atoms. The highest BCUT2D eigenvalue weighted by atomic mass is 32.2. The number of carbonyl (C=O) groups is 2. The fourth-order valence-corrected chi connectivity index (χ4v) is 3.29. The van der Waals surface area contributed by atoms with E-state index in [1.54, 1.807) is 30.9 Å². The van der Waals surface area contributed by atoms with E-state index in [9.17, 15) is 14.0 Å². The number of rotatable bonds is 4. The Morgan fingerprint density at radius 2 is 1.95 bits per heavy atom. The predicted octanol–water partition coefficient (Wildman–Crippen LogP) is 2.01. The summed E-state index contributed by atoms with van der Waals surface area (Å²) in [6.45, 7) is 4.85. The third-order valence-corrected chi connectivity index (χ3v) is 4.74. The maximum absolute atomic E-state index is 13.2. The number of nitrogens with zero attached hydrogens (tertiary/aromatic N) is 1. The summed E-state index contributed by atoms with van der Waals surface area (Å²) in [4.78, 5) is 26.3. The quantitative estimate of drug-likeness (QED) is 0.922. The average molecular weight is 324 g/mol. The summed E-state index contributed by atoms with van der Waals surface area (Å²) in [5.74, 6) is 0.686. The van der Waals surface area contributed by atoms with Crippen molar-refractivity contribution < 1.29 is 14.0 Å². The van der Waals surface area contributed by atoms with Gasteiger partial charge in [-0.3, -0.25) is 9.59 Å². The Bertz CT molecular complexity index is 547. The molecule has 2 rings (SSSR count). The normalized spacial score (nSPS) is 17.7. The van der Waals surface area contributed by atoms with E-state index in [2.05, 4.69) is 5.32 Å². The Morgan fingerprint density at radius 1 is 1.27 bits per heavy atom. The number of benzene rings is 1. The van der Waals surface area contributed by atoms with E-state index in [-0.39, 0.29) is 17.6 Å². The van der Waals surface area contributed by atoms with Crippen molar-refractivity contribution in [1.82, 2.24) is 10.2 Å². The van der Waals surface area contributed by atoms with E-state index >= 15 is 0 Å². The van der Waals surface area contributed by atoms with Crippen molar-refractivity contribution >= 4 is 23.6 Å². The van der Waals surface area contributed by atoms with E-state index in [1.165, 1.54) is 12.1 Å². The van der Waals surface area contributed by atoms with Crippen LogP contribution in [0.15, 0.2) is 24.3 Å². The first-order chi connectivity index (χ1) is 10.5. The van der Waals surface area contributed by atoms with Crippen molar-refractivity contribution in [2.45, 2.75) is 25.8 Å². The third kappa shape index (κ3) is 4.22. The second kappa shape index (κ2) is 7.63. The van der Waals surface area contributed by atoms with Crippen LogP contribution in [0.1, 0.15) is 25.3 Å². The minimum atomic E-state index is -0.563. The molecule has 0 radical (unpaired) electrons. The maximum Gasteiger partial charge on any atom is 0.244 e. The van der Waals surface area contributed by atoms with E-state index in [1.807, 2.05) is 11.8 Å². The van der Waals surface area contributed by atoms with Gasteiger partial charge in [0, 0.05) is 24.6 Å². The molecule has 120 valence electrons. The van der Waals surface area contributed by atoms with Gasteiger partial charge in [-0.15, -0.1) is 0 Å². The molecule has 1 aromatic carbocycles. The highest BCUT2D eigenvalue weighted by molar-refractivity contribution is 7.99. The van der Waals surface area contributed by atoms with Gasteiger partial charge >= 0.3 is 0 Å². The average Bonchev–Trinajstić information content (AvgIpc) is 2.54. The molecule has 0 bridgehead atoms. The molecule has 2 amide bonds. The van der Waals surface area contributed by atoms with Crippen LogP contribution in [-0.2, 0) is 9.59 Å². The SMILES string of the molecule is C[C@H](C(=O)N[C@H](C)C(=O)N1CCSCC1)c1cccc(F)c1. The fraction of sp³-hybridized carbons (Fsp3) is 0.500. The summed E-state index contributed by atoms with van der Waals surface area (Å²) < 4.78 is 13.2. The molecule has 6 heteroatoms. The van der Waals surface area contributed by atoms with Crippen LogP contribution in [0.5, 0.6) is 0 Å². The number of carbonyl (C=O) groups excluding carboxylic acids is 2. The first kappa shape index (κ1) is 16.8. The Kier molecular flexibility index (Phi) is 5.83. The first-order valence-corrected chi connectivity index (χ1v) is 8.57. The van der Waals surface area contributed by atoms with E-state index in [4.69, 9.17) is 0 Å². The van der Waals surface area contributed by atoms with Crippen LogP contribution in [0.25, 0.3) is 0 Å². The van der Waals surface area contributed by atoms with Gasteiger partial charge in [0.2, 0.25) is 11.8 Å². The third-order valence-electron chi connectivity index (χ3n) is 3.79. The van der Waals surface area contributed by atoms with Crippen molar-refractivity contribution in [3.8, 4) is 0 Å². The molecule has 1 fully saturated rings. The monoisotopic (exact) mass is 324 g/mol. The lowest BCUT2D eigenvalue weighted by atomic mass is 10.00. The fourth-order valence-electron chi connectivity index (χ4n) is 2.39. The number of halogens is 1. The van der Waals surface area contributed by atoms with E-state index in [0.29, 0.717) is 5.56 Å². The predicted molar refractivity (Wildman–Crippen MR) is 86.3 cm³/mol. The molecule has 1 aliphatic rings. The van der Waals surface area contributed by atoms with Gasteiger partial charge in [-0.1, -0.05) is 12.1 Å². The first-order valence-electron chi connectivity index (χ1n) is 7.41. The zero-order chi connectivity index (χ0) is 16.1. The lowest BCUT2D eigenvalue weighted by Crippen LogP contribution is -2.50. The molecular weight excluding hydrogens is 303 g/mol. The van der Waals surface area contributed by atoms with Crippen LogP contribution in [0.3, 0.4) is 0 Å². The lowest BCUT2D eigenvalue weighted by molar-refractivity contribution is -0.135. The van der Waals surface area contributed by atoms with Crippen LogP contribution < -0.4 is 5.32 Å². The smallest absolute Gasteiger partial charge is 0.244 e. The van der Waals surface area contributed by atoms with E-state index < -0.39 is 12.0 Å². The Morgan fingerprint density at radius 3 is 2.59 bits per heavy atom. The molecule has 0 unspecified atom stereocenters. The Labute approximate surface area is 134 Å². The highest BCUT2D eigenvalue weighted by Crippen LogP contribution is 2.17.